The van der Waals surface area contributed by atoms with Gasteiger partial charge in [-0.3, -0.25) is 9.59 Å². The summed E-state index contributed by atoms with van der Waals surface area (Å²) in [7, 11) is 1.92. The van der Waals surface area contributed by atoms with E-state index >= 15 is 0 Å². The van der Waals surface area contributed by atoms with Crippen LogP contribution in [0.2, 0.25) is 0 Å². The van der Waals surface area contributed by atoms with Crippen LogP contribution in [0.5, 0.6) is 0 Å². The van der Waals surface area contributed by atoms with Crippen LogP contribution in [-0.2, 0) is 9.59 Å². The van der Waals surface area contributed by atoms with E-state index in [9.17, 15) is 9.59 Å². The SMILES string of the molecule is CCC(=O)CCCCCCCCCCCCCCC(=O)N(C)CC(C)C. The minimum Gasteiger partial charge on any atom is -0.346 e. The number of Topliss-reactive ketones (excluding diaryl/α,β-unsaturated/α-hetero) is 1. The third-order valence-corrected chi connectivity index (χ3v) is 5.06. The van der Waals surface area contributed by atoms with Crippen LogP contribution in [0.15, 0.2) is 0 Å². The smallest absolute Gasteiger partial charge is 0.222 e. The van der Waals surface area contributed by atoms with Crippen molar-refractivity contribution in [2.75, 3.05) is 13.6 Å². The first-order valence-electron chi connectivity index (χ1n) is 11.2. The molecule has 0 heterocycles. The minimum atomic E-state index is 0.303. The fourth-order valence-electron chi connectivity index (χ4n) is 3.38. The lowest BCUT2D eigenvalue weighted by Crippen LogP contribution is -2.29. The van der Waals surface area contributed by atoms with Gasteiger partial charge in [-0.15, -0.1) is 0 Å². The van der Waals surface area contributed by atoms with Crippen LogP contribution in [-0.4, -0.2) is 30.2 Å². The summed E-state index contributed by atoms with van der Waals surface area (Å²) in [6, 6.07) is 0. The summed E-state index contributed by atoms with van der Waals surface area (Å²) >= 11 is 0. The quantitative estimate of drug-likeness (QED) is 0.258. The molecule has 0 aromatic rings. The van der Waals surface area contributed by atoms with E-state index in [1.165, 1.54) is 64.2 Å². The first-order chi connectivity index (χ1) is 12.5. The summed E-state index contributed by atoms with van der Waals surface area (Å²) in [5, 5.41) is 0. The molecule has 0 radical (unpaired) electrons. The Balaban J connectivity index is 3.24. The number of hydrogen-bond donors (Lipinski definition) is 0. The van der Waals surface area contributed by atoms with Crippen LogP contribution in [0, 0.1) is 5.92 Å². The molecular weight excluding hydrogens is 322 g/mol. The average Bonchev–Trinajstić information content (AvgIpc) is 2.60. The topological polar surface area (TPSA) is 37.4 Å². The zero-order valence-electron chi connectivity index (χ0n) is 18.2. The Hall–Kier alpha value is -0.860. The van der Waals surface area contributed by atoms with Gasteiger partial charge in [0.15, 0.2) is 0 Å². The summed E-state index contributed by atoms with van der Waals surface area (Å²) in [4.78, 5) is 25.0. The summed E-state index contributed by atoms with van der Waals surface area (Å²) in [5.74, 6) is 1.27. The highest BCUT2D eigenvalue weighted by molar-refractivity contribution is 5.77. The summed E-state index contributed by atoms with van der Waals surface area (Å²) < 4.78 is 0. The van der Waals surface area contributed by atoms with E-state index in [2.05, 4.69) is 13.8 Å². The van der Waals surface area contributed by atoms with E-state index < -0.39 is 0 Å². The molecule has 0 aliphatic rings. The summed E-state index contributed by atoms with van der Waals surface area (Å²) in [6.45, 7) is 7.13. The second-order valence-electron chi connectivity index (χ2n) is 8.30. The van der Waals surface area contributed by atoms with Crippen molar-refractivity contribution in [3.63, 3.8) is 0 Å². The molecule has 154 valence electrons. The van der Waals surface area contributed by atoms with Gasteiger partial charge >= 0.3 is 0 Å². The van der Waals surface area contributed by atoms with Gasteiger partial charge in [0.05, 0.1) is 0 Å². The molecule has 0 aromatic heterocycles. The Bertz CT molecular complexity index is 352. The molecule has 0 spiro atoms. The molecule has 0 saturated heterocycles. The summed E-state index contributed by atoms with van der Waals surface area (Å²) in [6.07, 6.45) is 17.3. The number of ketones is 1. The van der Waals surface area contributed by atoms with Gasteiger partial charge in [0.25, 0.3) is 0 Å². The van der Waals surface area contributed by atoms with Crippen molar-refractivity contribution in [2.45, 2.75) is 117 Å². The van der Waals surface area contributed by atoms with Gasteiger partial charge in [-0.25, -0.2) is 0 Å². The van der Waals surface area contributed by atoms with Crippen molar-refractivity contribution in [1.29, 1.82) is 0 Å². The standard InChI is InChI=1S/C23H45NO2/c1-5-22(25)18-16-14-12-10-8-6-7-9-11-13-15-17-19-23(26)24(4)20-21(2)3/h21H,5-20H2,1-4H3. The average molecular weight is 368 g/mol. The van der Waals surface area contributed by atoms with Gasteiger partial charge in [0, 0.05) is 32.9 Å². The second kappa shape index (κ2) is 17.5. The van der Waals surface area contributed by atoms with Crippen molar-refractivity contribution >= 4 is 11.7 Å². The molecule has 0 saturated carbocycles. The number of rotatable bonds is 18. The zero-order chi connectivity index (χ0) is 19.6. The van der Waals surface area contributed by atoms with E-state index in [4.69, 9.17) is 0 Å². The van der Waals surface area contributed by atoms with E-state index in [0.717, 1.165) is 25.8 Å². The lowest BCUT2D eigenvalue weighted by Gasteiger charge is -2.19. The lowest BCUT2D eigenvalue weighted by atomic mass is 10.0. The van der Waals surface area contributed by atoms with Crippen molar-refractivity contribution in [3.05, 3.63) is 0 Å². The molecule has 0 fully saturated rings. The fourth-order valence-corrected chi connectivity index (χ4v) is 3.38. The monoisotopic (exact) mass is 367 g/mol. The van der Waals surface area contributed by atoms with Gasteiger partial charge in [-0.2, -0.15) is 0 Å². The summed E-state index contributed by atoms with van der Waals surface area (Å²) in [5.41, 5.74) is 0. The molecule has 3 nitrogen and oxygen atoms in total. The molecular formula is C23H45NO2. The first kappa shape index (κ1) is 25.1. The second-order valence-corrected chi connectivity index (χ2v) is 8.30. The van der Waals surface area contributed by atoms with Crippen LogP contribution in [0.25, 0.3) is 0 Å². The highest BCUT2D eigenvalue weighted by Crippen LogP contribution is 2.13. The molecule has 0 bridgehead atoms. The van der Waals surface area contributed by atoms with E-state index in [-0.39, 0.29) is 0 Å². The van der Waals surface area contributed by atoms with Crippen molar-refractivity contribution in [1.82, 2.24) is 4.90 Å². The van der Waals surface area contributed by atoms with E-state index in [0.29, 0.717) is 30.4 Å². The van der Waals surface area contributed by atoms with Gasteiger partial charge in [0.2, 0.25) is 5.91 Å². The van der Waals surface area contributed by atoms with E-state index in [1.54, 1.807) is 0 Å². The van der Waals surface area contributed by atoms with Gasteiger partial charge in [-0.05, 0) is 18.8 Å². The van der Waals surface area contributed by atoms with Gasteiger partial charge in [0.1, 0.15) is 5.78 Å². The first-order valence-corrected chi connectivity index (χ1v) is 11.2. The largest absolute Gasteiger partial charge is 0.346 e. The Morgan fingerprint density at radius 3 is 1.46 bits per heavy atom. The Kier molecular flexibility index (Phi) is 17.0. The lowest BCUT2D eigenvalue weighted by molar-refractivity contribution is -0.130. The van der Waals surface area contributed by atoms with Crippen molar-refractivity contribution in [3.8, 4) is 0 Å². The van der Waals surface area contributed by atoms with Crippen LogP contribution in [0.1, 0.15) is 117 Å². The molecule has 0 rings (SSSR count). The van der Waals surface area contributed by atoms with Gasteiger partial charge in [-0.1, -0.05) is 85.0 Å². The zero-order valence-corrected chi connectivity index (χ0v) is 18.2. The fraction of sp³-hybridized carbons (Fsp3) is 0.913. The number of hydrogen-bond acceptors (Lipinski definition) is 2. The molecule has 0 unspecified atom stereocenters. The molecule has 1 amide bonds. The number of amides is 1. The number of nitrogens with zero attached hydrogens (tertiary/aromatic N) is 1. The molecule has 0 aromatic carbocycles. The third kappa shape index (κ3) is 16.6. The maximum Gasteiger partial charge on any atom is 0.222 e. The van der Waals surface area contributed by atoms with Crippen molar-refractivity contribution in [2.24, 2.45) is 5.92 Å². The highest BCUT2D eigenvalue weighted by Gasteiger charge is 2.09. The number of carbonyl (C=O) groups excluding carboxylic acids is 2. The molecule has 0 aliphatic carbocycles. The maximum atomic E-state index is 11.9. The van der Waals surface area contributed by atoms with Crippen LogP contribution in [0.4, 0.5) is 0 Å². The third-order valence-electron chi connectivity index (χ3n) is 5.06. The van der Waals surface area contributed by atoms with Gasteiger partial charge < -0.3 is 4.90 Å². The Labute approximate surface area is 163 Å². The highest BCUT2D eigenvalue weighted by atomic mass is 16.2. The predicted octanol–water partition coefficient (Wildman–Crippen LogP) is 6.54. The Morgan fingerprint density at radius 2 is 1.08 bits per heavy atom. The molecule has 26 heavy (non-hydrogen) atoms. The normalized spacial score (nSPS) is 11.1. The Morgan fingerprint density at radius 1 is 0.692 bits per heavy atom. The number of carbonyl (C=O) groups is 2. The van der Waals surface area contributed by atoms with E-state index in [1.807, 2.05) is 18.9 Å². The van der Waals surface area contributed by atoms with Crippen LogP contribution >= 0.6 is 0 Å². The minimum absolute atomic E-state index is 0.303. The maximum absolute atomic E-state index is 11.9. The van der Waals surface area contributed by atoms with Crippen LogP contribution < -0.4 is 0 Å². The molecule has 0 N–H and O–H groups in total. The molecule has 0 aliphatic heterocycles. The van der Waals surface area contributed by atoms with Crippen molar-refractivity contribution < 1.29 is 9.59 Å². The molecule has 3 heteroatoms. The number of unbranched alkanes of at least 4 members (excludes halogenated alkanes) is 11. The molecule has 0 atom stereocenters. The van der Waals surface area contributed by atoms with Crippen LogP contribution in [0.3, 0.4) is 0 Å². The predicted molar refractivity (Wildman–Crippen MR) is 112 cm³/mol.